The lowest BCUT2D eigenvalue weighted by molar-refractivity contribution is 0.441. The molecule has 6 aliphatic carbocycles. The second-order valence-corrected chi connectivity index (χ2v) is 18.8. The molecule has 10 unspecified atom stereocenters. The van der Waals surface area contributed by atoms with Crippen LogP contribution in [-0.2, 0) is 0 Å². The first-order valence-electron chi connectivity index (χ1n) is 14.7. The molecule has 0 aromatic carbocycles. The zero-order valence-electron chi connectivity index (χ0n) is 23.3. The smallest absolute Gasteiger partial charge is 0.0591 e. The Morgan fingerprint density at radius 2 is 1.11 bits per heavy atom. The molecular formula is C35H46Si. The van der Waals surface area contributed by atoms with E-state index in [1.165, 1.54) is 18.0 Å². The fourth-order valence-corrected chi connectivity index (χ4v) is 16.7. The molecule has 36 heavy (non-hydrogen) atoms. The van der Waals surface area contributed by atoms with Gasteiger partial charge in [-0.2, -0.15) is 0 Å². The van der Waals surface area contributed by atoms with Gasteiger partial charge in [0.25, 0.3) is 0 Å². The van der Waals surface area contributed by atoms with E-state index in [4.69, 9.17) is 0 Å². The Bertz CT molecular complexity index is 1100. The Morgan fingerprint density at radius 1 is 0.639 bits per heavy atom. The molecule has 0 aliphatic heterocycles. The van der Waals surface area contributed by atoms with Crippen LogP contribution in [0.5, 0.6) is 0 Å². The first kappa shape index (κ1) is 24.5. The summed E-state index contributed by atoms with van der Waals surface area (Å²) < 4.78 is 0. The number of allylic oxidation sites excluding steroid dienone is 16. The minimum absolute atomic E-state index is 0.210. The fourth-order valence-electron chi connectivity index (χ4n) is 9.67. The molecule has 2 saturated carbocycles. The van der Waals surface area contributed by atoms with Crippen LogP contribution in [0, 0.1) is 52.8 Å². The Hall–Kier alpha value is -1.86. The Balaban J connectivity index is 1.51. The molecular weight excluding hydrogens is 448 g/mol. The Labute approximate surface area is 221 Å². The van der Waals surface area contributed by atoms with E-state index in [1.807, 2.05) is 0 Å². The first-order valence-corrected chi connectivity index (χ1v) is 17.6. The van der Waals surface area contributed by atoms with Crippen LogP contribution in [0.2, 0.25) is 23.7 Å². The van der Waals surface area contributed by atoms with Crippen LogP contribution in [0.4, 0.5) is 0 Å². The van der Waals surface area contributed by atoms with E-state index in [-0.39, 0.29) is 5.41 Å². The largest absolute Gasteiger partial charge is 0.0808 e. The van der Waals surface area contributed by atoms with Gasteiger partial charge in [0.15, 0.2) is 0 Å². The van der Waals surface area contributed by atoms with E-state index >= 15 is 0 Å². The molecule has 0 spiro atoms. The van der Waals surface area contributed by atoms with Crippen LogP contribution in [0.3, 0.4) is 0 Å². The summed E-state index contributed by atoms with van der Waals surface area (Å²) in [5.41, 5.74) is 4.88. The van der Waals surface area contributed by atoms with Gasteiger partial charge in [-0.05, 0) is 76.3 Å². The van der Waals surface area contributed by atoms with Gasteiger partial charge >= 0.3 is 0 Å². The number of hydrogen-bond acceptors (Lipinski definition) is 0. The molecule has 0 nitrogen and oxygen atoms in total. The van der Waals surface area contributed by atoms with Crippen molar-refractivity contribution in [3.63, 3.8) is 0 Å². The Morgan fingerprint density at radius 3 is 1.67 bits per heavy atom. The molecule has 0 N–H and O–H groups in total. The molecule has 0 aromatic heterocycles. The quantitative estimate of drug-likeness (QED) is 0.341. The highest BCUT2D eigenvalue weighted by Gasteiger charge is 2.62. The van der Waals surface area contributed by atoms with Crippen LogP contribution in [0.1, 0.15) is 41.0 Å². The van der Waals surface area contributed by atoms with Crippen molar-refractivity contribution in [3.8, 4) is 0 Å². The standard InChI is InChI=1S/C35H46Si/c1-7-20-36(6,33-29-14-10-8-12-25(29)26-13-9-11-15-30(26)33)34-31-21-23(2)16-18-27(31)28-19-17-24(22-32(28)34)35(3,4)5/h8-19,21-22,25-34H,7,20H2,1-6H3. The molecule has 6 aliphatic rings. The minimum Gasteiger partial charge on any atom is -0.0808 e. The minimum atomic E-state index is -1.76. The average molecular weight is 495 g/mol. The highest BCUT2D eigenvalue weighted by Crippen LogP contribution is 2.68. The van der Waals surface area contributed by atoms with Gasteiger partial charge in [0.05, 0.1) is 8.07 Å². The monoisotopic (exact) mass is 494 g/mol. The molecule has 0 bridgehead atoms. The Kier molecular flexibility index (Phi) is 6.03. The number of rotatable bonds is 4. The van der Waals surface area contributed by atoms with Crippen LogP contribution in [0.15, 0.2) is 96.2 Å². The molecule has 190 valence electrons. The van der Waals surface area contributed by atoms with E-state index in [2.05, 4.69) is 126 Å². The van der Waals surface area contributed by atoms with Gasteiger partial charge in [-0.15, -0.1) is 0 Å². The highest BCUT2D eigenvalue weighted by molar-refractivity contribution is 6.82. The summed E-state index contributed by atoms with van der Waals surface area (Å²) in [6.45, 7) is 14.9. The normalized spacial score (nSPS) is 43.4. The maximum atomic E-state index is 2.87. The SMILES string of the molecule is CCC[Si](C)(C1C2C=CC=CC2C2C=CC=CC21)C1C2C=C(C)C=CC2C2C=CC(C(C)(C)C)=CC21. The van der Waals surface area contributed by atoms with Gasteiger partial charge in [-0.25, -0.2) is 0 Å². The third kappa shape index (κ3) is 3.67. The average Bonchev–Trinajstić information content (AvgIpc) is 3.36. The zero-order chi connectivity index (χ0) is 25.2. The van der Waals surface area contributed by atoms with Gasteiger partial charge in [0, 0.05) is 0 Å². The van der Waals surface area contributed by atoms with E-state index in [9.17, 15) is 0 Å². The topological polar surface area (TPSA) is 0 Å². The van der Waals surface area contributed by atoms with E-state index in [0.29, 0.717) is 47.3 Å². The third-order valence-corrected chi connectivity index (χ3v) is 17.1. The predicted octanol–water partition coefficient (Wildman–Crippen LogP) is 9.48. The van der Waals surface area contributed by atoms with Crippen LogP contribution >= 0.6 is 0 Å². The summed E-state index contributed by atoms with van der Waals surface area (Å²) in [7, 11) is -1.76. The van der Waals surface area contributed by atoms with Crippen molar-refractivity contribution in [1.29, 1.82) is 0 Å². The van der Waals surface area contributed by atoms with Crippen molar-refractivity contribution < 1.29 is 0 Å². The van der Waals surface area contributed by atoms with Gasteiger partial charge in [0.2, 0.25) is 0 Å². The third-order valence-electron chi connectivity index (χ3n) is 11.0. The lowest BCUT2D eigenvalue weighted by Gasteiger charge is -2.49. The summed E-state index contributed by atoms with van der Waals surface area (Å²) in [5.74, 6) is 5.46. The molecule has 6 rings (SSSR count). The van der Waals surface area contributed by atoms with Crippen molar-refractivity contribution in [2.24, 2.45) is 52.8 Å². The highest BCUT2D eigenvalue weighted by atomic mass is 28.3. The fraction of sp³-hybridized carbons (Fsp3) is 0.543. The maximum Gasteiger partial charge on any atom is 0.0591 e. The van der Waals surface area contributed by atoms with Crippen LogP contribution in [0.25, 0.3) is 0 Å². The molecule has 0 radical (unpaired) electrons. The summed E-state index contributed by atoms with van der Waals surface area (Å²) in [4.78, 5) is 0. The molecule has 1 heteroatoms. The summed E-state index contributed by atoms with van der Waals surface area (Å²) in [6.07, 6.45) is 36.7. The van der Waals surface area contributed by atoms with Crippen molar-refractivity contribution in [2.75, 3.05) is 0 Å². The van der Waals surface area contributed by atoms with E-state index in [0.717, 1.165) is 11.1 Å². The first-order chi connectivity index (χ1) is 17.2. The van der Waals surface area contributed by atoms with Gasteiger partial charge < -0.3 is 0 Å². The molecule has 0 heterocycles. The molecule has 10 atom stereocenters. The van der Waals surface area contributed by atoms with Gasteiger partial charge in [-0.1, -0.05) is 137 Å². The summed E-state index contributed by atoms with van der Waals surface area (Å²) in [5, 5.41) is 0. The summed E-state index contributed by atoms with van der Waals surface area (Å²) >= 11 is 0. The van der Waals surface area contributed by atoms with Crippen molar-refractivity contribution in [1.82, 2.24) is 0 Å². The number of fused-ring (bicyclic) bond motifs is 6. The predicted molar refractivity (Wildman–Crippen MR) is 158 cm³/mol. The van der Waals surface area contributed by atoms with Gasteiger partial charge in [-0.3, -0.25) is 0 Å². The second kappa shape index (κ2) is 8.86. The van der Waals surface area contributed by atoms with Crippen molar-refractivity contribution >= 4 is 8.07 Å². The van der Waals surface area contributed by atoms with Gasteiger partial charge in [0.1, 0.15) is 0 Å². The molecule has 0 aromatic rings. The number of hydrogen-bond donors (Lipinski definition) is 0. The summed E-state index contributed by atoms with van der Waals surface area (Å²) in [6, 6.07) is 1.45. The van der Waals surface area contributed by atoms with Crippen LogP contribution in [-0.4, -0.2) is 8.07 Å². The second-order valence-electron chi connectivity index (χ2n) is 14.0. The van der Waals surface area contributed by atoms with E-state index < -0.39 is 8.07 Å². The molecule has 2 fully saturated rings. The van der Waals surface area contributed by atoms with Crippen LogP contribution < -0.4 is 0 Å². The zero-order valence-corrected chi connectivity index (χ0v) is 24.3. The maximum absolute atomic E-state index is 2.87. The molecule has 0 saturated heterocycles. The van der Waals surface area contributed by atoms with Crippen molar-refractivity contribution in [3.05, 3.63) is 96.2 Å². The van der Waals surface area contributed by atoms with E-state index in [1.54, 1.807) is 5.57 Å². The van der Waals surface area contributed by atoms with Crippen molar-refractivity contribution in [2.45, 2.75) is 64.7 Å². The molecule has 0 amide bonds. The lowest BCUT2D eigenvalue weighted by atomic mass is 9.76. The lowest BCUT2D eigenvalue weighted by Crippen LogP contribution is -2.49.